The summed E-state index contributed by atoms with van der Waals surface area (Å²) in [6.07, 6.45) is 4.25. The number of rotatable bonds is 1. The Morgan fingerprint density at radius 2 is 2.18 bits per heavy atom. The Morgan fingerprint density at radius 3 is 2.91 bits per heavy atom. The molecule has 0 aliphatic heterocycles. The van der Waals surface area contributed by atoms with E-state index < -0.39 is 0 Å². The molecule has 0 unspecified atom stereocenters. The molecule has 0 atom stereocenters. The Morgan fingerprint density at radius 1 is 1.36 bits per heavy atom. The topological polar surface area (TPSA) is 54.5 Å². The number of hydrogen-bond acceptors (Lipinski definition) is 3. The fraction of sp³-hybridized carbons (Fsp3) is 0.286. The summed E-state index contributed by atoms with van der Waals surface area (Å²) in [5.41, 5.74) is 1.84. The van der Waals surface area contributed by atoms with Gasteiger partial charge in [-0.1, -0.05) is 6.92 Å². The second-order valence-electron chi connectivity index (χ2n) is 2.33. The van der Waals surface area contributed by atoms with Crippen molar-refractivity contribution in [2.75, 3.05) is 0 Å². The van der Waals surface area contributed by atoms with Gasteiger partial charge in [-0.3, -0.25) is 0 Å². The molecule has 11 heavy (non-hydrogen) atoms. The number of nitrogens with zero attached hydrogens (tertiary/aromatic N) is 3. The number of aromatic nitrogens is 4. The molecular formula is C7H8N4. The van der Waals surface area contributed by atoms with Crippen LogP contribution < -0.4 is 0 Å². The minimum Gasteiger partial charge on any atom is -0.341 e. The molecule has 2 rings (SSSR count). The molecule has 0 fully saturated rings. The molecule has 1 N–H and O–H groups in total. The molecule has 0 bridgehead atoms. The zero-order valence-corrected chi connectivity index (χ0v) is 6.20. The van der Waals surface area contributed by atoms with Crippen LogP contribution in [0.1, 0.15) is 12.7 Å². The lowest BCUT2D eigenvalue weighted by atomic mass is 10.5. The van der Waals surface area contributed by atoms with Crippen LogP contribution in [0.5, 0.6) is 0 Å². The summed E-state index contributed by atoms with van der Waals surface area (Å²) in [5.74, 6) is 0.981. The third-order valence-electron chi connectivity index (χ3n) is 1.58. The molecule has 56 valence electrons. The first-order valence-electron chi connectivity index (χ1n) is 3.55. The second-order valence-corrected chi connectivity index (χ2v) is 2.33. The fourth-order valence-corrected chi connectivity index (χ4v) is 0.996. The van der Waals surface area contributed by atoms with E-state index in [1.165, 1.54) is 0 Å². The smallest absolute Gasteiger partial charge is 0.110 e. The third kappa shape index (κ3) is 0.960. The number of nitrogens with one attached hydrogen (secondary N) is 1. The molecule has 0 aromatic carbocycles. The molecule has 0 spiro atoms. The van der Waals surface area contributed by atoms with Gasteiger partial charge in [0.15, 0.2) is 0 Å². The molecule has 0 aliphatic rings. The Balaban J connectivity index is 2.69. The number of aromatic amines is 1. The lowest BCUT2D eigenvalue weighted by molar-refractivity contribution is 1.00. The van der Waals surface area contributed by atoms with Gasteiger partial charge in [0.05, 0.1) is 17.9 Å². The Bertz CT molecular complexity index is 332. The highest BCUT2D eigenvalue weighted by Crippen LogP contribution is 2.06. The van der Waals surface area contributed by atoms with E-state index in [9.17, 15) is 0 Å². The van der Waals surface area contributed by atoms with Crippen molar-refractivity contribution in [3.05, 3.63) is 18.2 Å². The van der Waals surface area contributed by atoms with Crippen LogP contribution >= 0.6 is 0 Å². The number of H-pyrrole nitrogens is 1. The van der Waals surface area contributed by atoms with Crippen molar-refractivity contribution in [3.8, 4) is 0 Å². The predicted octanol–water partition coefficient (Wildman–Crippen LogP) is 0.915. The zero-order chi connectivity index (χ0) is 7.68. The average molecular weight is 148 g/mol. The highest BCUT2D eigenvalue weighted by molar-refractivity contribution is 5.72. The highest BCUT2D eigenvalue weighted by Gasteiger charge is 1.98. The predicted molar refractivity (Wildman–Crippen MR) is 41.1 cm³/mol. The maximum absolute atomic E-state index is 4.27. The van der Waals surface area contributed by atoms with Gasteiger partial charge in [0, 0.05) is 6.42 Å². The summed E-state index contributed by atoms with van der Waals surface area (Å²) in [7, 11) is 0. The van der Waals surface area contributed by atoms with E-state index >= 15 is 0 Å². The summed E-state index contributed by atoms with van der Waals surface area (Å²) in [6.45, 7) is 2.05. The molecule has 2 aromatic rings. The molecule has 4 nitrogen and oxygen atoms in total. The van der Waals surface area contributed by atoms with Gasteiger partial charge in [0.2, 0.25) is 0 Å². The van der Waals surface area contributed by atoms with Gasteiger partial charge in [0.25, 0.3) is 0 Å². The van der Waals surface area contributed by atoms with Crippen molar-refractivity contribution < 1.29 is 0 Å². The molecule has 4 heteroatoms. The molecule has 0 aliphatic carbocycles. The third-order valence-corrected chi connectivity index (χ3v) is 1.58. The van der Waals surface area contributed by atoms with Crippen LogP contribution in [0.25, 0.3) is 11.0 Å². The van der Waals surface area contributed by atoms with Crippen LogP contribution in [0.15, 0.2) is 12.4 Å². The van der Waals surface area contributed by atoms with Gasteiger partial charge in [-0.2, -0.15) is 10.2 Å². The maximum atomic E-state index is 4.27. The van der Waals surface area contributed by atoms with Crippen molar-refractivity contribution in [1.82, 2.24) is 20.2 Å². The van der Waals surface area contributed by atoms with Gasteiger partial charge in [-0.05, 0) is 0 Å². The van der Waals surface area contributed by atoms with Crippen molar-refractivity contribution in [1.29, 1.82) is 0 Å². The number of aryl methyl sites for hydroxylation is 1. The summed E-state index contributed by atoms with van der Waals surface area (Å²) in [4.78, 5) is 7.40. The second kappa shape index (κ2) is 2.30. The summed E-state index contributed by atoms with van der Waals surface area (Å²) < 4.78 is 0. The quantitative estimate of drug-likeness (QED) is 0.654. The average Bonchev–Trinajstić information content (AvgIpc) is 2.46. The number of fused-ring (bicyclic) bond motifs is 1. The minimum absolute atomic E-state index is 0.886. The van der Waals surface area contributed by atoms with E-state index in [2.05, 4.69) is 27.1 Å². The molecule has 0 saturated heterocycles. The van der Waals surface area contributed by atoms with Crippen molar-refractivity contribution in [2.45, 2.75) is 13.3 Å². The summed E-state index contributed by atoms with van der Waals surface area (Å²) in [5, 5.41) is 7.47. The van der Waals surface area contributed by atoms with Crippen LogP contribution in [-0.2, 0) is 6.42 Å². The van der Waals surface area contributed by atoms with Gasteiger partial charge in [-0.15, -0.1) is 0 Å². The molecule has 2 aromatic heterocycles. The first-order chi connectivity index (χ1) is 5.40. The van der Waals surface area contributed by atoms with E-state index in [0.717, 1.165) is 23.3 Å². The first kappa shape index (κ1) is 6.27. The van der Waals surface area contributed by atoms with E-state index in [1.807, 2.05) is 0 Å². The van der Waals surface area contributed by atoms with Crippen LogP contribution in [-0.4, -0.2) is 20.2 Å². The number of imidazole rings is 1. The van der Waals surface area contributed by atoms with Gasteiger partial charge in [0.1, 0.15) is 11.3 Å². The molecule has 2 heterocycles. The first-order valence-corrected chi connectivity index (χ1v) is 3.55. The molecule has 0 radical (unpaired) electrons. The highest BCUT2D eigenvalue weighted by atomic mass is 15.1. The van der Waals surface area contributed by atoms with E-state index in [1.54, 1.807) is 12.4 Å². The maximum Gasteiger partial charge on any atom is 0.110 e. The Labute approximate surface area is 63.7 Å². The Hall–Kier alpha value is -1.45. The van der Waals surface area contributed by atoms with Crippen LogP contribution in [0.3, 0.4) is 0 Å². The van der Waals surface area contributed by atoms with Gasteiger partial charge < -0.3 is 4.98 Å². The van der Waals surface area contributed by atoms with Gasteiger partial charge >= 0.3 is 0 Å². The largest absolute Gasteiger partial charge is 0.341 e. The van der Waals surface area contributed by atoms with Crippen molar-refractivity contribution in [3.63, 3.8) is 0 Å². The number of hydrogen-bond donors (Lipinski definition) is 1. The van der Waals surface area contributed by atoms with E-state index in [0.29, 0.717) is 0 Å². The van der Waals surface area contributed by atoms with Crippen LogP contribution in [0.4, 0.5) is 0 Å². The van der Waals surface area contributed by atoms with Crippen LogP contribution in [0.2, 0.25) is 0 Å². The summed E-state index contributed by atoms with van der Waals surface area (Å²) >= 11 is 0. The standard InChI is InChI=1S/C7H8N4/c1-2-7-10-5-3-8-9-4-6(5)11-7/h3-4H,2H2,1H3,(H,10,11). The van der Waals surface area contributed by atoms with Crippen molar-refractivity contribution in [2.24, 2.45) is 0 Å². The monoisotopic (exact) mass is 148 g/mol. The van der Waals surface area contributed by atoms with Gasteiger partial charge in [-0.25, -0.2) is 4.98 Å². The summed E-state index contributed by atoms with van der Waals surface area (Å²) in [6, 6.07) is 0. The SMILES string of the molecule is CCc1nc2cnncc2[nH]1. The molecule has 0 amide bonds. The fourth-order valence-electron chi connectivity index (χ4n) is 0.996. The molecule has 0 saturated carbocycles. The van der Waals surface area contributed by atoms with E-state index in [-0.39, 0.29) is 0 Å². The lowest BCUT2D eigenvalue weighted by Gasteiger charge is -1.81. The Kier molecular flexibility index (Phi) is 1.31. The lowest BCUT2D eigenvalue weighted by Crippen LogP contribution is -1.79. The normalized spacial score (nSPS) is 10.6. The van der Waals surface area contributed by atoms with E-state index in [4.69, 9.17) is 0 Å². The minimum atomic E-state index is 0.886. The van der Waals surface area contributed by atoms with Crippen LogP contribution in [0, 0.1) is 0 Å². The molecular weight excluding hydrogens is 140 g/mol. The zero-order valence-electron chi connectivity index (χ0n) is 6.20. The van der Waals surface area contributed by atoms with Crippen molar-refractivity contribution >= 4 is 11.0 Å².